The molecule has 0 radical (unpaired) electrons. The zero-order chi connectivity index (χ0) is 37.7. The van der Waals surface area contributed by atoms with Crippen LogP contribution in [-0.2, 0) is 0 Å². The van der Waals surface area contributed by atoms with Gasteiger partial charge in [-0.1, -0.05) is 176 Å². The van der Waals surface area contributed by atoms with Gasteiger partial charge in [0.15, 0.2) is 17.5 Å². The first-order valence-corrected chi connectivity index (χ1v) is 19.2. The number of hydrogen-bond donors (Lipinski definition) is 0. The molecule has 0 aliphatic rings. The van der Waals surface area contributed by atoms with Crippen molar-refractivity contribution in [3.05, 3.63) is 200 Å². The maximum atomic E-state index is 5.30. The van der Waals surface area contributed by atoms with Crippen molar-refractivity contribution < 1.29 is 0 Å². The van der Waals surface area contributed by atoms with Crippen LogP contribution in [-0.4, -0.2) is 24.5 Å². The Bertz CT molecular complexity index is 3270. The molecule has 0 atom stereocenters. The number of fused-ring (bicyclic) bond motifs is 6. The van der Waals surface area contributed by atoms with Crippen LogP contribution in [0.3, 0.4) is 0 Å². The van der Waals surface area contributed by atoms with Crippen molar-refractivity contribution in [2.45, 2.75) is 0 Å². The molecule has 0 aliphatic heterocycles. The van der Waals surface area contributed by atoms with Gasteiger partial charge >= 0.3 is 0 Å². The molecule has 0 fully saturated rings. The van der Waals surface area contributed by atoms with Gasteiger partial charge in [-0.2, -0.15) is 0 Å². The van der Waals surface area contributed by atoms with E-state index in [4.69, 9.17) is 19.9 Å². The molecule has 0 amide bonds. The molecular weight excluding hydrogens is 695 g/mol. The molecule has 11 aromatic rings. The summed E-state index contributed by atoms with van der Waals surface area (Å²) in [6, 6.07) is 69.7. The lowest BCUT2D eigenvalue weighted by Gasteiger charge is -2.16. The average Bonchev–Trinajstić information content (AvgIpc) is 3.64. The molecule has 266 valence electrons. The average molecular weight is 728 g/mol. The first-order valence-electron chi connectivity index (χ1n) is 19.2. The zero-order valence-corrected chi connectivity index (χ0v) is 30.8. The maximum Gasteiger partial charge on any atom is 0.164 e. The molecule has 0 unspecified atom stereocenters. The Hall–Kier alpha value is -7.76. The van der Waals surface area contributed by atoms with Crippen LogP contribution in [0, 0.1) is 0 Å². The zero-order valence-electron chi connectivity index (χ0n) is 30.8. The third-order valence-corrected chi connectivity index (χ3v) is 10.9. The van der Waals surface area contributed by atoms with Gasteiger partial charge in [0.05, 0.1) is 27.9 Å². The van der Waals surface area contributed by atoms with Crippen LogP contribution in [0.4, 0.5) is 0 Å². The fourth-order valence-electron chi connectivity index (χ4n) is 8.19. The molecule has 5 heteroatoms. The Kier molecular flexibility index (Phi) is 7.74. The van der Waals surface area contributed by atoms with E-state index in [1.165, 1.54) is 5.56 Å². The number of para-hydroxylation sites is 2. The number of aromatic nitrogens is 5. The number of benzene rings is 8. The lowest BCUT2D eigenvalue weighted by molar-refractivity contribution is 1.08. The minimum absolute atomic E-state index is 0.622. The third-order valence-electron chi connectivity index (χ3n) is 10.9. The van der Waals surface area contributed by atoms with Crippen LogP contribution < -0.4 is 0 Å². The molecule has 0 spiro atoms. The SMILES string of the molecule is c1ccc(-c2ccc(-c3nc(-c4ccccc4)nc(-c4ccc(-n5c6ccccc6c6c(-c7ccccc7)nc7ccccc7c65)c5ccccc45)n3)cc2)cc1. The molecule has 3 heterocycles. The van der Waals surface area contributed by atoms with Crippen molar-refractivity contribution in [3.8, 4) is 62.2 Å². The number of pyridine rings is 1. The van der Waals surface area contributed by atoms with Crippen molar-refractivity contribution in [3.63, 3.8) is 0 Å². The van der Waals surface area contributed by atoms with Gasteiger partial charge in [0.1, 0.15) is 0 Å². The van der Waals surface area contributed by atoms with E-state index in [0.717, 1.165) is 82.7 Å². The number of hydrogen-bond acceptors (Lipinski definition) is 4. The fourth-order valence-corrected chi connectivity index (χ4v) is 8.19. The summed E-state index contributed by atoms with van der Waals surface area (Å²) in [6.45, 7) is 0. The molecule has 0 saturated heterocycles. The summed E-state index contributed by atoms with van der Waals surface area (Å²) in [5.74, 6) is 1.88. The molecule has 57 heavy (non-hydrogen) atoms. The predicted molar refractivity (Wildman–Crippen MR) is 234 cm³/mol. The second-order valence-corrected chi connectivity index (χ2v) is 14.2. The van der Waals surface area contributed by atoms with E-state index in [2.05, 4.69) is 168 Å². The molecule has 3 aromatic heterocycles. The Balaban J connectivity index is 1.15. The van der Waals surface area contributed by atoms with Gasteiger partial charge in [-0.15, -0.1) is 0 Å². The fraction of sp³-hybridized carbons (Fsp3) is 0. The van der Waals surface area contributed by atoms with Gasteiger partial charge in [-0.3, -0.25) is 0 Å². The van der Waals surface area contributed by atoms with Crippen LogP contribution in [0.1, 0.15) is 0 Å². The second-order valence-electron chi connectivity index (χ2n) is 14.2. The lowest BCUT2D eigenvalue weighted by Crippen LogP contribution is -2.02. The Morgan fingerprint density at radius 1 is 0.316 bits per heavy atom. The summed E-state index contributed by atoms with van der Waals surface area (Å²) < 4.78 is 2.43. The van der Waals surface area contributed by atoms with Gasteiger partial charge in [-0.05, 0) is 40.8 Å². The summed E-state index contributed by atoms with van der Waals surface area (Å²) >= 11 is 0. The normalized spacial score (nSPS) is 11.5. The summed E-state index contributed by atoms with van der Waals surface area (Å²) in [4.78, 5) is 20.7. The van der Waals surface area contributed by atoms with E-state index in [9.17, 15) is 0 Å². The standard InChI is InChI=1S/C52H33N5/c1-4-16-34(17-5-1)35-28-30-38(31-29-35)51-54-50(37-20-8-3-9-21-37)55-52(56-51)41-32-33-46(40-23-11-10-22-39(40)41)57-45-27-15-13-25-43(45)47-48(36-18-6-2-7-19-36)53-44-26-14-12-24-42(44)49(47)57/h1-33H. The molecule has 0 N–H and O–H groups in total. The van der Waals surface area contributed by atoms with Crippen LogP contribution in [0.2, 0.25) is 0 Å². The summed E-state index contributed by atoms with van der Waals surface area (Å²) in [5.41, 5.74) is 11.5. The van der Waals surface area contributed by atoms with E-state index in [-0.39, 0.29) is 0 Å². The highest BCUT2D eigenvalue weighted by atomic mass is 15.0. The van der Waals surface area contributed by atoms with Gasteiger partial charge in [0, 0.05) is 43.8 Å². The summed E-state index contributed by atoms with van der Waals surface area (Å²) in [7, 11) is 0. The largest absolute Gasteiger partial charge is 0.308 e. The van der Waals surface area contributed by atoms with Gasteiger partial charge in [0.25, 0.3) is 0 Å². The van der Waals surface area contributed by atoms with Gasteiger partial charge in [0.2, 0.25) is 0 Å². The quantitative estimate of drug-likeness (QED) is 0.171. The van der Waals surface area contributed by atoms with Crippen LogP contribution in [0.25, 0.3) is 106 Å². The first-order chi connectivity index (χ1) is 28.3. The van der Waals surface area contributed by atoms with Crippen LogP contribution in [0.5, 0.6) is 0 Å². The monoisotopic (exact) mass is 727 g/mol. The van der Waals surface area contributed by atoms with Crippen molar-refractivity contribution >= 4 is 43.5 Å². The minimum Gasteiger partial charge on any atom is -0.308 e. The van der Waals surface area contributed by atoms with Crippen molar-refractivity contribution in [2.75, 3.05) is 0 Å². The molecule has 5 nitrogen and oxygen atoms in total. The predicted octanol–water partition coefficient (Wildman–Crippen LogP) is 13.0. The van der Waals surface area contributed by atoms with E-state index >= 15 is 0 Å². The first kappa shape index (κ1) is 32.7. The molecule has 0 saturated carbocycles. The number of nitrogens with zero attached hydrogens (tertiary/aromatic N) is 5. The van der Waals surface area contributed by atoms with E-state index in [0.29, 0.717) is 17.5 Å². The second kappa shape index (κ2) is 13.5. The van der Waals surface area contributed by atoms with E-state index in [1.807, 2.05) is 36.4 Å². The Morgan fingerprint density at radius 3 is 1.51 bits per heavy atom. The maximum absolute atomic E-state index is 5.30. The van der Waals surface area contributed by atoms with Crippen molar-refractivity contribution in [2.24, 2.45) is 0 Å². The lowest BCUT2D eigenvalue weighted by atomic mass is 10.0. The van der Waals surface area contributed by atoms with E-state index in [1.54, 1.807) is 0 Å². The molecule has 0 bridgehead atoms. The minimum atomic E-state index is 0.622. The van der Waals surface area contributed by atoms with Crippen LogP contribution >= 0.6 is 0 Å². The Morgan fingerprint density at radius 2 is 0.807 bits per heavy atom. The summed E-state index contributed by atoms with van der Waals surface area (Å²) in [5, 5.41) is 5.54. The topological polar surface area (TPSA) is 56.5 Å². The van der Waals surface area contributed by atoms with Crippen LogP contribution in [0.15, 0.2) is 200 Å². The molecule has 11 rings (SSSR count). The summed E-state index contributed by atoms with van der Waals surface area (Å²) in [6.07, 6.45) is 0. The number of rotatable bonds is 6. The van der Waals surface area contributed by atoms with Crippen molar-refractivity contribution in [1.29, 1.82) is 0 Å². The molecule has 8 aromatic carbocycles. The highest BCUT2D eigenvalue weighted by molar-refractivity contribution is 6.23. The molecular formula is C52H33N5. The van der Waals surface area contributed by atoms with Crippen molar-refractivity contribution in [1.82, 2.24) is 24.5 Å². The Labute approximate surface area is 329 Å². The molecule has 0 aliphatic carbocycles. The van der Waals surface area contributed by atoms with Gasteiger partial charge < -0.3 is 4.57 Å². The third kappa shape index (κ3) is 5.56. The van der Waals surface area contributed by atoms with Gasteiger partial charge in [-0.25, -0.2) is 19.9 Å². The van der Waals surface area contributed by atoms with E-state index < -0.39 is 0 Å². The highest BCUT2D eigenvalue weighted by Crippen LogP contribution is 2.43. The smallest absolute Gasteiger partial charge is 0.164 e. The highest BCUT2D eigenvalue weighted by Gasteiger charge is 2.23.